The van der Waals surface area contributed by atoms with Crippen molar-refractivity contribution < 1.29 is 13.9 Å². The number of pyridine rings is 1. The van der Waals surface area contributed by atoms with Crippen LogP contribution in [0.2, 0.25) is 0 Å². The molecule has 1 heterocycles. The van der Waals surface area contributed by atoms with Gasteiger partial charge in [-0.25, -0.2) is 9.37 Å². The number of ketones is 1. The quantitative estimate of drug-likeness (QED) is 0.626. The maximum atomic E-state index is 13.9. The van der Waals surface area contributed by atoms with E-state index in [-0.39, 0.29) is 17.2 Å². The highest BCUT2D eigenvalue weighted by molar-refractivity contribution is 14.1. The SMILES string of the molecule is COc1nccc(C(=O)c2ccccc2I)c1F. The first-order chi connectivity index (χ1) is 8.65. The fourth-order valence-corrected chi connectivity index (χ4v) is 2.16. The van der Waals surface area contributed by atoms with Crippen molar-refractivity contribution >= 4 is 28.4 Å². The molecule has 5 heteroatoms. The Morgan fingerprint density at radius 2 is 2.00 bits per heavy atom. The number of benzene rings is 1. The minimum Gasteiger partial charge on any atom is -0.479 e. The number of hydrogen-bond donors (Lipinski definition) is 0. The van der Waals surface area contributed by atoms with Crippen LogP contribution in [0, 0.1) is 9.39 Å². The lowest BCUT2D eigenvalue weighted by atomic mass is 10.0. The molecule has 0 aliphatic rings. The van der Waals surface area contributed by atoms with E-state index in [9.17, 15) is 9.18 Å². The number of rotatable bonds is 3. The van der Waals surface area contributed by atoms with Crippen molar-refractivity contribution in [3.05, 3.63) is 57.0 Å². The summed E-state index contributed by atoms with van der Waals surface area (Å²) in [5.41, 5.74) is 0.427. The lowest BCUT2D eigenvalue weighted by Crippen LogP contribution is -2.08. The molecular weight excluding hydrogens is 348 g/mol. The largest absolute Gasteiger partial charge is 0.479 e. The average molecular weight is 357 g/mol. The van der Waals surface area contributed by atoms with Crippen molar-refractivity contribution in [2.24, 2.45) is 0 Å². The number of carbonyl (C=O) groups is 1. The second-order valence-electron chi connectivity index (χ2n) is 3.49. The smallest absolute Gasteiger partial charge is 0.250 e. The molecule has 0 amide bonds. The number of aromatic nitrogens is 1. The summed E-state index contributed by atoms with van der Waals surface area (Å²) in [6, 6.07) is 8.37. The molecule has 92 valence electrons. The van der Waals surface area contributed by atoms with E-state index in [0.717, 1.165) is 3.57 Å². The Hall–Kier alpha value is -1.50. The topological polar surface area (TPSA) is 39.2 Å². The summed E-state index contributed by atoms with van der Waals surface area (Å²) in [6.45, 7) is 0. The lowest BCUT2D eigenvalue weighted by molar-refractivity contribution is 0.103. The molecule has 0 unspecified atom stereocenters. The molecule has 1 aromatic carbocycles. The highest BCUT2D eigenvalue weighted by Gasteiger charge is 2.19. The van der Waals surface area contributed by atoms with E-state index < -0.39 is 5.82 Å². The van der Waals surface area contributed by atoms with Gasteiger partial charge in [-0.1, -0.05) is 12.1 Å². The summed E-state index contributed by atoms with van der Waals surface area (Å²) < 4.78 is 19.5. The number of nitrogens with zero attached hydrogens (tertiary/aromatic N) is 1. The normalized spacial score (nSPS) is 10.2. The van der Waals surface area contributed by atoms with E-state index in [2.05, 4.69) is 4.98 Å². The average Bonchev–Trinajstić information content (AvgIpc) is 2.39. The van der Waals surface area contributed by atoms with Gasteiger partial charge in [0.05, 0.1) is 12.7 Å². The number of carbonyl (C=O) groups excluding carboxylic acids is 1. The molecule has 0 spiro atoms. The van der Waals surface area contributed by atoms with Gasteiger partial charge in [0.25, 0.3) is 5.88 Å². The summed E-state index contributed by atoms with van der Waals surface area (Å²) in [7, 11) is 1.31. The van der Waals surface area contributed by atoms with Crippen LogP contribution < -0.4 is 4.74 Å². The standard InChI is InChI=1S/C13H9FINO2/c1-18-13-11(14)9(6-7-16-13)12(17)8-4-2-3-5-10(8)15/h2-7H,1H3. The Morgan fingerprint density at radius 1 is 1.28 bits per heavy atom. The molecule has 18 heavy (non-hydrogen) atoms. The van der Waals surface area contributed by atoms with Gasteiger partial charge in [0.1, 0.15) is 0 Å². The Balaban J connectivity index is 2.50. The van der Waals surface area contributed by atoms with E-state index in [1.165, 1.54) is 19.4 Å². The van der Waals surface area contributed by atoms with Gasteiger partial charge in [-0.3, -0.25) is 4.79 Å². The molecule has 3 nitrogen and oxygen atoms in total. The van der Waals surface area contributed by atoms with Crippen LogP contribution in [0.1, 0.15) is 15.9 Å². The summed E-state index contributed by atoms with van der Waals surface area (Å²) in [5.74, 6) is -1.28. The highest BCUT2D eigenvalue weighted by atomic mass is 127. The van der Waals surface area contributed by atoms with E-state index in [0.29, 0.717) is 5.56 Å². The molecule has 0 N–H and O–H groups in total. The van der Waals surface area contributed by atoms with Crippen LogP contribution in [0.15, 0.2) is 36.5 Å². The summed E-state index contributed by atoms with van der Waals surface area (Å²) in [6.07, 6.45) is 1.35. The van der Waals surface area contributed by atoms with Crippen molar-refractivity contribution in [2.45, 2.75) is 0 Å². The predicted molar refractivity (Wildman–Crippen MR) is 73.3 cm³/mol. The van der Waals surface area contributed by atoms with Crippen LogP contribution >= 0.6 is 22.6 Å². The van der Waals surface area contributed by atoms with E-state index in [4.69, 9.17) is 4.74 Å². The van der Waals surface area contributed by atoms with E-state index in [1.54, 1.807) is 18.2 Å². The molecule has 0 saturated heterocycles. The van der Waals surface area contributed by atoms with Gasteiger partial charge in [-0.05, 0) is 40.8 Å². The van der Waals surface area contributed by atoms with Crippen molar-refractivity contribution in [1.82, 2.24) is 4.98 Å². The van der Waals surface area contributed by atoms with Crippen LogP contribution in [0.5, 0.6) is 5.88 Å². The summed E-state index contributed by atoms with van der Waals surface area (Å²) in [4.78, 5) is 15.9. The van der Waals surface area contributed by atoms with Crippen molar-refractivity contribution in [1.29, 1.82) is 0 Å². The maximum absolute atomic E-state index is 13.9. The van der Waals surface area contributed by atoms with Gasteiger partial charge in [-0.15, -0.1) is 0 Å². The van der Waals surface area contributed by atoms with Crippen molar-refractivity contribution in [3.63, 3.8) is 0 Å². The first-order valence-electron chi connectivity index (χ1n) is 5.13. The van der Waals surface area contributed by atoms with Crippen LogP contribution in [0.25, 0.3) is 0 Å². The number of hydrogen-bond acceptors (Lipinski definition) is 3. The zero-order valence-corrected chi connectivity index (χ0v) is 11.6. The fourth-order valence-electron chi connectivity index (χ4n) is 1.53. The first-order valence-corrected chi connectivity index (χ1v) is 6.20. The molecule has 0 radical (unpaired) electrons. The summed E-state index contributed by atoms with van der Waals surface area (Å²) in [5, 5.41) is 0. The third-order valence-electron chi connectivity index (χ3n) is 2.41. The molecule has 0 aliphatic carbocycles. The molecule has 0 fully saturated rings. The Bertz CT molecular complexity index is 601. The molecule has 2 rings (SSSR count). The third kappa shape index (κ3) is 2.35. The molecule has 0 bridgehead atoms. The number of methoxy groups -OCH3 is 1. The van der Waals surface area contributed by atoms with Crippen LogP contribution in [0.4, 0.5) is 4.39 Å². The van der Waals surface area contributed by atoms with E-state index >= 15 is 0 Å². The van der Waals surface area contributed by atoms with Gasteiger partial charge in [0.15, 0.2) is 11.6 Å². The van der Waals surface area contributed by atoms with Gasteiger partial charge in [-0.2, -0.15) is 0 Å². The van der Waals surface area contributed by atoms with Gasteiger partial charge in [0.2, 0.25) is 0 Å². The van der Waals surface area contributed by atoms with Gasteiger partial charge >= 0.3 is 0 Å². The van der Waals surface area contributed by atoms with Crippen molar-refractivity contribution in [3.8, 4) is 5.88 Å². The highest BCUT2D eigenvalue weighted by Crippen LogP contribution is 2.22. The first kappa shape index (κ1) is 12.9. The minimum absolute atomic E-state index is 0.0361. The predicted octanol–water partition coefficient (Wildman–Crippen LogP) is 3.06. The molecule has 1 aromatic heterocycles. The summed E-state index contributed by atoms with van der Waals surface area (Å²) >= 11 is 2.04. The molecule has 2 aromatic rings. The third-order valence-corrected chi connectivity index (χ3v) is 3.35. The Labute approximate surface area is 117 Å². The molecular formula is C13H9FINO2. The molecule has 0 atom stereocenters. The maximum Gasteiger partial charge on any atom is 0.250 e. The van der Waals surface area contributed by atoms with Crippen LogP contribution in [-0.4, -0.2) is 17.9 Å². The second kappa shape index (κ2) is 5.43. The van der Waals surface area contributed by atoms with Crippen molar-refractivity contribution in [2.75, 3.05) is 7.11 Å². The van der Waals surface area contributed by atoms with Gasteiger partial charge < -0.3 is 4.74 Å². The fraction of sp³-hybridized carbons (Fsp3) is 0.0769. The van der Waals surface area contributed by atoms with E-state index in [1.807, 2.05) is 28.7 Å². The monoisotopic (exact) mass is 357 g/mol. The number of ether oxygens (including phenoxy) is 1. The Kier molecular flexibility index (Phi) is 3.90. The van der Waals surface area contributed by atoms with Crippen LogP contribution in [0.3, 0.4) is 0 Å². The zero-order chi connectivity index (χ0) is 13.1. The lowest BCUT2D eigenvalue weighted by Gasteiger charge is -2.06. The molecule has 0 aliphatic heterocycles. The zero-order valence-electron chi connectivity index (χ0n) is 9.48. The van der Waals surface area contributed by atoms with Crippen LogP contribution in [-0.2, 0) is 0 Å². The Morgan fingerprint density at radius 3 is 2.67 bits per heavy atom. The minimum atomic E-state index is -0.732. The van der Waals surface area contributed by atoms with Gasteiger partial charge in [0, 0.05) is 15.3 Å². The second-order valence-corrected chi connectivity index (χ2v) is 4.65. The molecule has 0 saturated carbocycles. The number of halogens is 2.